The highest BCUT2D eigenvalue weighted by atomic mass is 16.5. The fourth-order valence-corrected chi connectivity index (χ4v) is 1.73. The number of hydrogen-bond donors (Lipinski definition) is 0. The monoisotopic (exact) mass is 280 g/mol. The first-order valence-electron chi connectivity index (χ1n) is 5.86. The van der Waals surface area contributed by atoms with Crippen LogP contribution in [0, 0.1) is 5.92 Å². The first-order chi connectivity index (χ1) is 9.53. The number of hydrogen-bond acceptors (Lipinski definition) is 6. The highest BCUT2D eigenvalue weighted by Crippen LogP contribution is 2.14. The van der Waals surface area contributed by atoms with Crippen molar-refractivity contribution < 1.29 is 28.6 Å². The van der Waals surface area contributed by atoms with Gasteiger partial charge in [-0.15, -0.1) is 0 Å². The van der Waals surface area contributed by atoms with Crippen LogP contribution in [0.15, 0.2) is 24.3 Å². The van der Waals surface area contributed by atoms with Crippen molar-refractivity contribution in [1.29, 1.82) is 0 Å². The molecule has 0 fully saturated rings. The summed E-state index contributed by atoms with van der Waals surface area (Å²) in [6.07, 6.45) is 0.0875. The Balaban J connectivity index is 2.96. The molecule has 108 valence electrons. The first kappa shape index (κ1) is 15.7. The zero-order valence-electron chi connectivity index (χ0n) is 11.5. The number of esters is 3. The second-order valence-electron chi connectivity index (χ2n) is 3.99. The molecular formula is C14H16O6. The third kappa shape index (κ3) is 3.81. The van der Waals surface area contributed by atoms with Crippen LogP contribution in [0.5, 0.6) is 0 Å². The molecule has 0 saturated carbocycles. The molecule has 20 heavy (non-hydrogen) atoms. The Bertz CT molecular complexity index is 492. The van der Waals surface area contributed by atoms with Gasteiger partial charge < -0.3 is 14.2 Å². The van der Waals surface area contributed by atoms with Crippen LogP contribution in [0.4, 0.5) is 0 Å². The van der Waals surface area contributed by atoms with Gasteiger partial charge in [-0.1, -0.05) is 12.1 Å². The maximum absolute atomic E-state index is 11.6. The highest BCUT2D eigenvalue weighted by Gasteiger charge is 2.29. The predicted molar refractivity (Wildman–Crippen MR) is 69.0 cm³/mol. The summed E-state index contributed by atoms with van der Waals surface area (Å²) in [5.41, 5.74) is 0.979. The Morgan fingerprint density at radius 1 is 1.00 bits per heavy atom. The molecule has 6 nitrogen and oxygen atoms in total. The normalized spacial score (nSPS) is 10.0. The van der Waals surface area contributed by atoms with Gasteiger partial charge in [0.15, 0.2) is 5.92 Å². The summed E-state index contributed by atoms with van der Waals surface area (Å²) >= 11 is 0. The van der Waals surface area contributed by atoms with Gasteiger partial charge in [-0.05, 0) is 24.1 Å². The van der Waals surface area contributed by atoms with Crippen molar-refractivity contribution in [1.82, 2.24) is 0 Å². The van der Waals surface area contributed by atoms with Crippen LogP contribution in [-0.2, 0) is 30.2 Å². The van der Waals surface area contributed by atoms with Crippen molar-refractivity contribution in [2.45, 2.75) is 6.42 Å². The molecule has 0 bridgehead atoms. The molecule has 0 N–H and O–H groups in total. The third-order valence-electron chi connectivity index (χ3n) is 2.76. The van der Waals surface area contributed by atoms with Gasteiger partial charge in [-0.2, -0.15) is 0 Å². The summed E-state index contributed by atoms with van der Waals surface area (Å²) in [6.45, 7) is 0. The summed E-state index contributed by atoms with van der Waals surface area (Å²) in [7, 11) is 3.67. The molecule has 0 atom stereocenters. The van der Waals surface area contributed by atoms with Crippen molar-refractivity contribution in [3.8, 4) is 0 Å². The Morgan fingerprint density at radius 2 is 1.60 bits per heavy atom. The van der Waals surface area contributed by atoms with E-state index in [-0.39, 0.29) is 6.42 Å². The fraction of sp³-hybridized carbons (Fsp3) is 0.357. The maximum atomic E-state index is 11.6. The number of ether oxygens (including phenoxy) is 3. The van der Waals surface area contributed by atoms with E-state index in [0.29, 0.717) is 11.1 Å². The minimum absolute atomic E-state index is 0.0875. The lowest BCUT2D eigenvalue weighted by Crippen LogP contribution is -2.28. The highest BCUT2D eigenvalue weighted by molar-refractivity contribution is 5.95. The van der Waals surface area contributed by atoms with Gasteiger partial charge in [0.2, 0.25) is 0 Å². The average molecular weight is 280 g/mol. The first-order valence-corrected chi connectivity index (χ1v) is 5.86. The largest absolute Gasteiger partial charge is 0.468 e. The summed E-state index contributed by atoms with van der Waals surface area (Å²) in [5.74, 6) is -2.90. The summed E-state index contributed by atoms with van der Waals surface area (Å²) < 4.78 is 13.8. The molecular weight excluding hydrogens is 264 g/mol. The van der Waals surface area contributed by atoms with Gasteiger partial charge in [0, 0.05) is 0 Å². The van der Waals surface area contributed by atoms with Crippen molar-refractivity contribution >= 4 is 17.9 Å². The molecule has 0 saturated heterocycles. The lowest BCUT2D eigenvalue weighted by molar-refractivity contribution is -0.158. The molecule has 0 aliphatic heterocycles. The van der Waals surface area contributed by atoms with Crippen LogP contribution in [0.25, 0.3) is 0 Å². The van der Waals surface area contributed by atoms with Crippen molar-refractivity contribution in [2.24, 2.45) is 5.92 Å². The van der Waals surface area contributed by atoms with Gasteiger partial charge >= 0.3 is 17.9 Å². The Labute approximate surface area is 116 Å². The molecule has 1 aromatic carbocycles. The van der Waals surface area contributed by atoms with Crippen LogP contribution >= 0.6 is 0 Å². The number of rotatable bonds is 5. The second-order valence-corrected chi connectivity index (χ2v) is 3.99. The van der Waals surface area contributed by atoms with Crippen molar-refractivity contribution in [3.05, 3.63) is 35.4 Å². The Morgan fingerprint density at radius 3 is 2.10 bits per heavy atom. The molecule has 1 rings (SSSR count). The summed E-state index contributed by atoms with van der Waals surface area (Å²) in [5, 5.41) is 0. The summed E-state index contributed by atoms with van der Waals surface area (Å²) in [6, 6.07) is 6.49. The SMILES string of the molecule is COC(=O)c1cccc(CC(C(=O)OC)C(=O)OC)c1. The van der Waals surface area contributed by atoms with Gasteiger partial charge in [0.1, 0.15) is 0 Å². The molecule has 0 amide bonds. The molecule has 0 unspecified atom stereocenters. The van der Waals surface area contributed by atoms with E-state index in [4.69, 9.17) is 0 Å². The van der Waals surface area contributed by atoms with E-state index in [1.165, 1.54) is 21.3 Å². The van der Waals surface area contributed by atoms with Crippen molar-refractivity contribution in [2.75, 3.05) is 21.3 Å². The Hall–Kier alpha value is -2.37. The number of carbonyl (C=O) groups is 3. The fourth-order valence-electron chi connectivity index (χ4n) is 1.73. The smallest absolute Gasteiger partial charge is 0.337 e. The zero-order valence-corrected chi connectivity index (χ0v) is 11.5. The van der Waals surface area contributed by atoms with Crippen LogP contribution in [0.1, 0.15) is 15.9 Å². The quantitative estimate of drug-likeness (QED) is 0.454. The lowest BCUT2D eigenvalue weighted by Gasteiger charge is -2.12. The molecule has 0 radical (unpaired) electrons. The van der Waals surface area contributed by atoms with Crippen LogP contribution in [-0.4, -0.2) is 39.2 Å². The van der Waals surface area contributed by atoms with Gasteiger partial charge in [-0.25, -0.2) is 4.79 Å². The van der Waals surface area contributed by atoms with E-state index >= 15 is 0 Å². The number of carbonyl (C=O) groups excluding carboxylic acids is 3. The standard InChI is InChI=1S/C14H16O6/c1-18-12(15)10-6-4-5-9(7-10)8-11(13(16)19-2)14(17)20-3/h4-7,11H,8H2,1-3H3. The molecule has 1 aromatic rings. The number of methoxy groups -OCH3 is 3. The predicted octanol–water partition coefficient (Wildman–Crippen LogP) is 0.978. The maximum Gasteiger partial charge on any atom is 0.337 e. The number of benzene rings is 1. The minimum Gasteiger partial charge on any atom is -0.468 e. The van der Waals surface area contributed by atoms with E-state index in [9.17, 15) is 14.4 Å². The van der Waals surface area contributed by atoms with E-state index in [1.807, 2.05) is 0 Å². The van der Waals surface area contributed by atoms with E-state index < -0.39 is 23.8 Å². The minimum atomic E-state index is -1.06. The average Bonchev–Trinajstić information content (AvgIpc) is 2.50. The van der Waals surface area contributed by atoms with Gasteiger partial charge in [-0.3, -0.25) is 9.59 Å². The molecule has 0 aliphatic rings. The van der Waals surface area contributed by atoms with Gasteiger partial charge in [0.25, 0.3) is 0 Å². The second kappa shape index (κ2) is 7.28. The molecule has 0 heterocycles. The molecule has 6 heteroatoms. The van der Waals surface area contributed by atoms with E-state index in [1.54, 1.807) is 24.3 Å². The van der Waals surface area contributed by atoms with Crippen LogP contribution in [0.3, 0.4) is 0 Å². The van der Waals surface area contributed by atoms with Gasteiger partial charge in [0.05, 0.1) is 26.9 Å². The lowest BCUT2D eigenvalue weighted by atomic mass is 9.98. The topological polar surface area (TPSA) is 78.9 Å². The molecule has 0 aliphatic carbocycles. The van der Waals surface area contributed by atoms with Crippen molar-refractivity contribution in [3.63, 3.8) is 0 Å². The molecule has 0 spiro atoms. The van der Waals surface area contributed by atoms with E-state index in [0.717, 1.165) is 0 Å². The van der Waals surface area contributed by atoms with Crippen LogP contribution < -0.4 is 0 Å². The summed E-state index contributed by atoms with van der Waals surface area (Å²) in [4.78, 5) is 34.6. The van der Waals surface area contributed by atoms with Crippen LogP contribution in [0.2, 0.25) is 0 Å². The molecule has 0 aromatic heterocycles. The third-order valence-corrected chi connectivity index (χ3v) is 2.76. The zero-order chi connectivity index (χ0) is 15.1. The van der Waals surface area contributed by atoms with E-state index in [2.05, 4.69) is 14.2 Å². The Kier molecular flexibility index (Phi) is 5.71.